The van der Waals surface area contributed by atoms with Crippen molar-refractivity contribution < 1.29 is 4.79 Å². The van der Waals surface area contributed by atoms with Gasteiger partial charge in [-0.3, -0.25) is 4.79 Å². The third-order valence-electron chi connectivity index (χ3n) is 3.52. The van der Waals surface area contributed by atoms with E-state index < -0.39 is 5.54 Å². The van der Waals surface area contributed by atoms with Gasteiger partial charge in [0.2, 0.25) is 5.91 Å². The van der Waals surface area contributed by atoms with Crippen molar-refractivity contribution in [3.63, 3.8) is 0 Å². The summed E-state index contributed by atoms with van der Waals surface area (Å²) < 4.78 is 0. The predicted molar refractivity (Wildman–Crippen MR) is 65.3 cm³/mol. The van der Waals surface area contributed by atoms with E-state index in [-0.39, 0.29) is 11.8 Å². The highest BCUT2D eigenvalue weighted by Gasteiger charge is 2.35. The second-order valence-electron chi connectivity index (χ2n) is 4.74. The van der Waals surface area contributed by atoms with Gasteiger partial charge in [0.05, 0.1) is 12.0 Å². The van der Waals surface area contributed by atoms with Crippen molar-refractivity contribution in [3.8, 4) is 6.07 Å². The Labute approximate surface area is 101 Å². The Balaban J connectivity index is 2.08. The Morgan fingerprint density at radius 3 is 2.88 bits per heavy atom. The van der Waals surface area contributed by atoms with Crippen LogP contribution >= 0.6 is 0 Å². The van der Waals surface area contributed by atoms with E-state index in [0.717, 1.165) is 12.0 Å². The molecule has 3 heteroatoms. The number of carbonyl (C=O) groups excluding carboxylic acids is 1. The molecule has 0 radical (unpaired) electrons. The molecule has 0 heterocycles. The lowest BCUT2D eigenvalue weighted by Gasteiger charge is -2.32. The van der Waals surface area contributed by atoms with Crippen LogP contribution in [0.2, 0.25) is 0 Å². The Morgan fingerprint density at radius 2 is 2.29 bits per heavy atom. The summed E-state index contributed by atoms with van der Waals surface area (Å²) in [7, 11) is 0. The highest BCUT2D eigenvalue weighted by atomic mass is 16.2. The van der Waals surface area contributed by atoms with E-state index in [1.165, 1.54) is 5.56 Å². The number of fused-ring (bicyclic) bond motifs is 1. The highest BCUT2D eigenvalue weighted by Crippen LogP contribution is 2.35. The van der Waals surface area contributed by atoms with Gasteiger partial charge in [-0.25, -0.2) is 0 Å². The van der Waals surface area contributed by atoms with Crippen molar-refractivity contribution in [2.75, 3.05) is 0 Å². The van der Waals surface area contributed by atoms with E-state index in [4.69, 9.17) is 5.26 Å². The molecule has 0 spiro atoms. The molecular weight excluding hydrogens is 212 g/mol. The summed E-state index contributed by atoms with van der Waals surface area (Å²) in [5.41, 5.74) is 1.59. The zero-order valence-corrected chi connectivity index (χ0v) is 10.2. The first-order valence-electron chi connectivity index (χ1n) is 5.90. The Morgan fingerprint density at radius 1 is 1.59 bits per heavy atom. The molecule has 0 saturated heterocycles. The van der Waals surface area contributed by atoms with Crippen LogP contribution in [-0.2, 0) is 11.2 Å². The fraction of sp³-hybridized carbons (Fsp3) is 0.429. The molecule has 2 unspecified atom stereocenters. The van der Waals surface area contributed by atoms with E-state index in [0.29, 0.717) is 6.42 Å². The maximum atomic E-state index is 12.1. The first kappa shape index (κ1) is 11.7. The maximum Gasteiger partial charge on any atom is 0.229 e. The number of nitrogens with zero attached hydrogens (tertiary/aromatic N) is 1. The van der Waals surface area contributed by atoms with Crippen LogP contribution in [0.3, 0.4) is 0 Å². The smallest absolute Gasteiger partial charge is 0.229 e. The quantitative estimate of drug-likeness (QED) is 0.861. The average molecular weight is 228 g/mol. The van der Waals surface area contributed by atoms with Gasteiger partial charge in [-0.2, -0.15) is 5.26 Å². The van der Waals surface area contributed by atoms with Crippen molar-refractivity contribution in [1.82, 2.24) is 5.32 Å². The summed E-state index contributed by atoms with van der Waals surface area (Å²) >= 11 is 0. The maximum absolute atomic E-state index is 12.1. The molecule has 0 aliphatic heterocycles. The van der Waals surface area contributed by atoms with Gasteiger partial charge in [0.25, 0.3) is 0 Å². The molecule has 0 aromatic heterocycles. The number of benzene rings is 1. The van der Waals surface area contributed by atoms with Crippen molar-refractivity contribution in [3.05, 3.63) is 35.4 Å². The van der Waals surface area contributed by atoms with Gasteiger partial charge >= 0.3 is 0 Å². The molecule has 1 aromatic rings. The van der Waals surface area contributed by atoms with Gasteiger partial charge in [0.15, 0.2) is 0 Å². The van der Waals surface area contributed by atoms with Crippen LogP contribution in [0.4, 0.5) is 0 Å². The molecule has 0 bridgehead atoms. The van der Waals surface area contributed by atoms with Crippen LogP contribution in [0.5, 0.6) is 0 Å². The number of amides is 1. The molecule has 1 aliphatic rings. The Hall–Kier alpha value is -1.82. The minimum atomic E-state index is -0.748. The zero-order valence-electron chi connectivity index (χ0n) is 10.2. The normalized spacial score (nSPS) is 20.4. The van der Waals surface area contributed by atoms with E-state index in [1.54, 1.807) is 6.92 Å². The van der Waals surface area contributed by atoms with Crippen molar-refractivity contribution in [2.24, 2.45) is 0 Å². The van der Waals surface area contributed by atoms with Gasteiger partial charge < -0.3 is 5.32 Å². The molecule has 1 aliphatic carbocycles. The van der Waals surface area contributed by atoms with Crippen molar-refractivity contribution in [1.29, 1.82) is 5.26 Å². The summed E-state index contributed by atoms with van der Waals surface area (Å²) in [6.07, 6.45) is 1.40. The second-order valence-corrected chi connectivity index (χ2v) is 4.74. The molecular formula is C14H16N2O. The molecule has 1 aromatic carbocycles. The third-order valence-corrected chi connectivity index (χ3v) is 3.52. The third kappa shape index (κ3) is 2.03. The van der Waals surface area contributed by atoms with E-state index in [2.05, 4.69) is 11.4 Å². The second kappa shape index (κ2) is 4.21. The van der Waals surface area contributed by atoms with Gasteiger partial charge in [-0.05, 0) is 30.9 Å². The fourth-order valence-corrected chi connectivity index (χ4v) is 2.05. The number of nitrogens with one attached hydrogen (secondary N) is 1. The molecule has 1 amide bonds. The van der Waals surface area contributed by atoms with Crippen LogP contribution in [0, 0.1) is 11.3 Å². The summed E-state index contributed by atoms with van der Waals surface area (Å²) in [6, 6.07) is 10.1. The average Bonchev–Trinajstić information content (AvgIpc) is 2.30. The summed E-state index contributed by atoms with van der Waals surface area (Å²) in [5.74, 6) is -0.111. The molecule has 0 fully saturated rings. The van der Waals surface area contributed by atoms with Gasteiger partial charge in [0.1, 0.15) is 5.54 Å². The highest BCUT2D eigenvalue weighted by molar-refractivity contribution is 5.87. The largest absolute Gasteiger partial charge is 0.338 e. The zero-order chi connectivity index (χ0) is 12.5. The van der Waals surface area contributed by atoms with Gasteiger partial charge in [-0.1, -0.05) is 31.2 Å². The van der Waals surface area contributed by atoms with E-state index in [9.17, 15) is 4.79 Å². The molecule has 17 heavy (non-hydrogen) atoms. The number of hydrogen-bond acceptors (Lipinski definition) is 2. The standard InChI is InChI=1S/C14H16N2O/c1-3-14(2,9-15)16-13(17)12-8-10-6-4-5-7-11(10)12/h4-7,12H,3,8H2,1-2H3,(H,16,17). The summed E-state index contributed by atoms with van der Waals surface area (Å²) in [6.45, 7) is 3.66. The molecule has 0 saturated carbocycles. The molecule has 2 atom stereocenters. The lowest BCUT2D eigenvalue weighted by atomic mass is 9.76. The number of rotatable bonds is 3. The lowest BCUT2D eigenvalue weighted by Crippen LogP contribution is -2.48. The first-order valence-corrected chi connectivity index (χ1v) is 5.90. The topological polar surface area (TPSA) is 52.9 Å². The molecule has 3 nitrogen and oxygen atoms in total. The van der Waals surface area contributed by atoms with Gasteiger partial charge in [0, 0.05) is 0 Å². The Kier molecular flexibility index (Phi) is 2.89. The molecule has 1 N–H and O–H groups in total. The SMILES string of the molecule is CCC(C)(C#N)NC(=O)C1Cc2ccccc21. The van der Waals surface area contributed by atoms with Crippen molar-refractivity contribution in [2.45, 2.75) is 38.1 Å². The molecule has 88 valence electrons. The lowest BCUT2D eigenvalue weighted by molar-refractivity contribution is -0.124. The number of carbonyl (C=O) groups is 1. The van der Waals surface area contributed by atoms with Crippen LogP contribution < -0.4 is 5.32 Å². The first-order chi connectivity index (χ1) is 8.09. The van der Waals surface area contributed by atoms with Crippen LogP contribution in [0.1, 0.15) is 37.3 Å². The van der Waals surface area contributed by atoms with E-state index >= 15 is 0 Å². The van der Waals surface area contributed by atoms with Crippen LogP contribution in [-0.4, -0.2) is 11.4 Å². The van der Waals surface area contributed by atoms with Gasteiger partial charge in [-0.15, -0.1) is 0 Å². The van der Waals surface area contributed by atoms with E-state index in [1.807, 2.05) is 31.2 Å². The van der Waals surface area contributed by atoms with Crippen LogP contribution in [0.25, 0.3) is 0 Å². The minimum absolute atomic E-state index is 0.0328. The van der Waals surface area contributed by atoms with Crippen LogP contribution in [0.15, 0.2) is 24.3 Å². The molecule has 2 rings (SSSR count). The number of hydrogen-bond donors (Lipinski definition) is 1. The monoisotopic (exact) mass is 228 g/mol. The fourth-order valence-electron chi connectivity index (χ4n) is 2.05. The van der Waals surface area contributed by atoms with Crippen molar-refractivity contribution >= 4 is 5.91 Å². The summed E-state index contributed by atoms with van der Waals surface area (Å²) in [5, 5.41) is 11.9. The predicted octanol–water partition coefficient (Wildman–Crippen LogP) is 2.13. The summed E-state index contributed by atoms with van der Waals surface area (Å²) in [4.78, 5) is 12.1. The minimum Gasteiger partial charge on any atom is -0.338 e. The Bertz CT molecular complexity index is 489. The number of nitriles is 1.